The van der Waals surface area contributed by atoms with Crippen LogP contribution in [0.25, 0.3) is 0 Å². The summed E-state index contributed by atoms with van der Waals surface area (Å²) in [6.07, 6.45) is -4.70. The van der Waals surface area contributed by atoms with Gasteiger partial charge in [-0.15, -0.1) is 0 Å². The number of fused-ring (bicyclic) bond motifs is 2. The fourth-order valence-electron chi connectivity index (χ4n) is 6.24. The second-order valence-electron chi connectivity index (χ2n) is 11.6. The molecular weight excluding hydrogens is 716 g/mol. The topological polar surface area (TPSA) is 152 Å². The van der Waals surface area contributed by atoms with Crippen molar-refractivity contribution < 1.29 is 36.0 Å². The Bertz CT molecular complexity index is 2150. The Morgan fingerprint density at radius 2 is 1.62 bits per heavy atom. The molecule has 50 heavy (non-hydrogen) atoms. The van der Waals surface area contributed by atoms with Crippen LogP contribution in [0.4, 0.5) is 30.2 Å². The molecule has 4 aromatic rings. The van der Waals surface area contributed by atoms with E-state index in [9.17, 15) is 40.8 Å². The highest BCUT2D eigenvalue weighted by atomic mass is 32.2. The third-order valence-corrected chi connectivity index (χ3v) is 12.2. The van der Waals surface area contributed by atoms with Crippen LogP contribution in [0.1, 0.15) is 35.8 Å². The SMILES string of the molecule is CCN(CC)c1ccc([C@H]2c3sc(=O)n(CC(=O)Nc4ccc(S(N)(=O)=O)cc4)c3SC3C(=O)N(c4cccc(C(F)(F)F)c4)C(=O)C32)cc1. The fourth-order valence-corrected chi connectivity index (χ4v) is 9.53. The van der Waals surface area contributed by atoms with Crippen LogP contribution in [-0.2, 0) is 37.1 Å². The van der Waals surface area contributed by atoms with Gasteiger partial charge in [0.05, 0.1) is 27.1 Å². The Kier molecular flexibility index (Phi) is 9.45. The molecule has 6 rings (SSSR count). The number of nitrogens with two attached hydrogens (primary N) is 1. The van der Waals surface area contributed by atoms with Crippen molar-refractivity contribution >= 4 is 67.9 Å². The highest BCUT2D eigenvalue weighted by molar-refractivity contribution is 8.00. The van der Waals surface area contributed by atoms with E-state index in [1.54, 1.807) is 0 Å². The molecule has 3 aromatic carbocycles. The highest BCUT2D eigenvalue weighted by Crippen LogP contribution is 2.54. The maximum atomic E-state index is 14.1. The molecule has 3 amide bonds. The maximum Gasteiger partial charge on any atom is 0.416 e. The van der Waals surface area contributed by atoms with Gasteiger partial charge in [0.25, 0.3) is 0 Å². The number of anilines is 3. The number of carbonyl (C=O) groups excluding carboxylic acids is 3. The summed E-state index contributed by atoms with van der Waals surface area (Å²) in [5.41, 5.74) is 0.553. The molecular formula is C33H30F3N5O6S3. The molecule has 3 atom stereocenters. The monoisotopic (exact) mass is 745 g/mol. The molecule has 2 aliphatic rings. The Morgan fingerprint density at radius 3 is 2.22 bits per heavy atom. The molecule has 17 heteroatoms. The van der Waals surface area contributed by atoms with Gasteiger partial charge in [-0.1, -0.05) is 41.3 Å². The predicted molar refractivity (Wildman–Crippen MR) is 184 cm³/mol. The zero-order valence-corrected chi connectivity index (χ0v) is 29.0. The van der Waals surface area contributed by atoms with Gasteiger partial charge < -0.3 is 10.2 Å². The van der Waals surface area contributed by atoms with Crippen LogP contribution in [0.2, 0.25) is 0 Å². The van der Waals surface area contributed by atoms with Crippen molar-refractivity contribution in [3.8, 4) is 0 Å². The van der Waals surface area contributed by atoms with Crippen LogP contribution in [-0.4, -0.2) is 49.0 Å². The van der Waals surface area contributed by atoms with Crippen molar-refractivity contribution in [2.75, 3.05) is 28.2 Å². The molecule has 0 spiro atoms. The lowest BCUT2D eigenvalue weighted by atomic mass is 9.83. The lowest BCUT2D eigenvalue weighted by Gasteiger charge is -2.31. The van der Waals surface area contributed by atoms with Crippen molar-refractivity contribution in [1.29, 1.82) is 0 Å². The molecule has 3 heterocycles. The first-order valence-corrected chi connectivity index (χ1v) is 18.6. The molecule has 0 bridgehead atoms. The van der Waals surface area contributed by atoms with Gasteiger partial charge in [0.1, 0.15) is 11.8 Å². The molecule has 0 aliphatic carbocycles. The van der Waals surface area contributed by atoms with Crippen LogP contribution < -0.4 is 25.1 Å². The number of hydrogen-bond donors (Lipinski definition) is 2. The first-order valence-electron chi connectivity index (χ1n) is 15.3. The van der Waals surface area contributed by atoms with Crippen molar-refractivity contribution in [1.82, 2.24) is 4.57 Å². The molecule has 3 N–H and O–H groups in total. The predicted octanol–water partition coefficient (Wildman–Crippen LogP) is 4.86. The summed E-state index contributed by atoms with van der Waals surface area (Å²) >= 11 is 1.76. The number of halogens is 3. The first-order chi connectivity index (χ1) is 23.6. The lowest BCUT2D eigenvalue weighted by Crippen LogP contribution is -2.33. The molecule has 262 valence electrons. The number of hydrogen-bond acceptors (Lipinski definition) is 9. The van der Waals surface area contributed by atoms with E-state index in [0.717, 1.165) is 65.0 Å². The smallest absolute Gasteiger partial charge is 0.372 e. The van der Waals surface area contributed by atoms with Crippen LogP contribution in [0.5, 0.6) is 0 Å². The lowest BCUT2D eigenvalue weighted by molar-refractivity contribution is -0.137. The van der Waals surface area contributed by atoms with E-state index in [-0.39, 0.29) is 16.3 Å². The van der Waals surface area contributed by atoms with Gasteiger partial charge in [-0.2, -0.15) is 13.2 Å². The standard InChI is InChI=1S/C33H30F3N5O6S3/c1-3-39(4-2)21-12-8-18(9-13-21)25-26-27(30(44)41(29(26)43)22-7-5-6-19(16-22)33(34,35)36)48-31-28(25)49-32(45)40(31)17-24(42)38-20-10-14-23(15-11-20)50(37,46)47/h5-16,25-27H,3-4,17H2,1-2H3,(H,38,42)(H2,37,46,47)/t25-,26?,27?/m1/s1. The van der Waals surface area contributed by atoms with Crippen molar-refractivity contribution in [2.24, 2.45) is 11.1 Å². The van der Waals surface area contributed by atoms with Gasteiger partial charge in [-0.05, 0) is 74.0 Å². The molecule has 0 saturated carbocycles. The molecule has 2 aliphatic heterocycles. The zero-order chi connectivity index (χ0) is 36.1. The molecule has 0 radical (unpaired) electrons. The average molecular weight is 746 g/mol. The van der Waals surface area contributed by atoms with Gasteiger partial charge in [0.2, 0.25) is 27.7 Å². The second-order valence-corrected chi connectivity index (χ2v) is 15.3. The molecule has 11 nitrogen and oxygen atoms in total. The number of aromatic nitrogens is 1. The average Bonchev–Trinajstić information content (AvgIpc) is 3.51. The number of nitrogens with one attached hydrogen (secondary N) is 1. The van der Waals surface area contributed by atoms with Gasteiger partial charge >= 0.3 is 11.0 Å². The van der Waals surface area contributed by atoms with Crippen molar-refractivity contribution in [3.05, 3.63) is 98.5 Å². The Morgan fingerprint density at radius 1 is 0.960 bits per heavy atom. The minimum absolute atomic E-state index is 0.157. The van der Waals surface area contributed by atoms with E-state index >= 15 is 0 Å². The summed E-state index contributed by atoms with van der Waals surface area (Å²) in [4.78, 5) is 57.4. The summed E-state index contributed by atoms with van der Waals surface area (Å²) < 4.78 is 65.2. The summed E-state index contributed by atoms with van der Waals surface area (Å²) in [7, 11) is -3.96. The third kappa shape index (κ3) is 6.57. The summed E-state index contributed by atoms with van der Waals surface area (Å²) in [6, 6.07) is 16.5. The number of thiazole rings is 1. The second kappa shape index (κ2) is 13.4. The van der Waals surface area contributed by atoms with E-state index in [1.165, 1.54) is 34.9 Å². The Labute approximate surface area is 292 Å². The molecule has 1 aromatic heterocycles. The third-order valence-electron chi connectivity index (χ3n) is 8.63. The van der Waals surface area contributed by atoms with Crippen molar-refractivity contribution in [3.63, 3.8) is 0 Å². The van der Waals surface area contributed by atoms with E-state index in [2.05, 4.69) is 10.2 Å². The van der Waals surface area contributed by atoms with Gasteiger partial charge in [-0.3, -0.25) is 23.7 Å². The summed E-state index contributed by atoms with van der Waals surface area (Å²) in [5, 5.41) is 6.94. The normalized spacial score (nSPS) is 18.9. The van der Waals surface area contributed by atoms with E-state index < -0.39 is 68.0 Å². The van der Waals surface area contributed by atoms with Gasteiger partial charge in [0, 0.05) is 35.3 Å². The number of nitrogens with zero attached hydrogens (tertiary/aromatic N) is 3. The van der Waals surface area contributed by atoms with Crippen LogP contribution in [0.3, 0.4) is 0 Å². The highest BCUT2D eigenvalue weighted by Gasteiger charge is 2.57. The largest absolute Gasteiger partial charge is 0.416 e. The number of imide groups is 1. The zero-order valence-electron chi connectivity index (χ0n) is 26.5. The van der Waals surface area contributed by atoms with Crippen molar-refractivity contribution in [2.45, 2.75) is 47.7 Å². The van der Waals surface area contributed by atoms with Gasteiger partial charge in [-0.25, -0.2) is 18.5 Å². The fraction of sp³-hybridized carbons (Fsp3) is 0.273. The number of alkyl halides is 3. The first kappa shape index (κ1) is 35.4. The molecule has 2 unspecified atom stereocenters. The van der Waals surface area contributed by atoms with E-state index in [0.29, 0.717) is 15.5 Å². The van der Waals surface area contributed by atoms with Crippen LogP contribution >= 0.6 is 23.1 Å². The molecule has 1 saturated heterocycles. The van der Waals surface area contributed by atoms with Gasteiger partial charge in [0.15, 0.2) is 0 Å². The van der Waals surface area contributed by atoms with E-state index in [1.807, 2.05) is 38.1 Å². The van der Waals surface area contributed by atoms with E-state index in [4.69, 9.17) is 5.14 Å². The number of amides is 3. The number of benzene rings is 3. The van der Waals surface area contributed by atoms with Crippen LogP contribution in [0.15, 0.2) is 87.5 Å². The number of sulfonamides is 1. The Balaban J connectivity index is 1.39. The Hall–Kier alpha value is -4.45. The van der Waals surface area contributed by atoms with Crippen LogP contribution in [0, 0.1) is 5.92 Å². The summed E-state index contributed by atoms with van der Waals surface area (Å²) in [5.74, 6) is -3.92. The minimum Gasteiger partial charge on any atom is -0.372 e. The number of thioether (sulfide) groups is 1. The molecule has 1 fully saturated rings. The number of primary sulfonamides is 1. The summed E-state index contributed by atoms with van der Waals surface area (Å²) in [6.45, 7) is 5.03. The minimum atomic E-state index is -4.70. The maximum absolute atomic E-state index is 14.1. The quantitative estimate of drug-likeness (QED) is 0.231. The number of rotatable bonds is 9. The number of carbonyl (C=O) groups is 3.